The van der Waals surface area contributed by atoms with Crippen LogP contribution in [0.1, 0.15) is 5.76 Å². The van der Waals surface area contributed by atoms with Crippen LogP contribution in [0.25, 0.3) is 0 Å². The lowest BCUT2D eigenvalue weighted by Gasteiger charge is -1.66. The van der Waals surface area contributed by atoms with Crippen molar-refractivity contribution in [1.82, 2.24) is 0 Å². The van der Waals surface area contributed by atoms with Crippen LogP contribution in [-0.4, -0.2) is 6.29 Å². The molecule has 0 aliphatic rings. The Morgan fingerprint density at radius 2 is 2.50 bits per heavy atom. The Morgan fingerprint density at radius 3 is 2.75 bits per heavy atom. The van der Waals surface area contributed by atoms with Crippen molar-refractivity contribution in [2.24, 2.45) is 0 Å². The van der Waals surface area contributed by atoms with Crippen LogP contribution in [0.2, 0.25) is 5.02 Å². The minimum Gasteiger partial charge on any atom is -0.459 e. The van der Waals surface area contributed by atoms with Crippen molar-refractivity contribution in [2.45, 2.75) is 0 Å². The maximum absolute atomic E-state index is 9.74. The van der Waals surface area contributed by atoms with Crippen molar-refractivity contribution in [2.75, 3.05) is 0 Å². The van der Waals surface area contributed by atoms with E-state index in [1.165, 1.54) is 12.3 Å². The number of halogens is 1. The first-order valence-corrected chi connectivity index (χ1v) is 2.33. The highest BCUT2D eigenvalue weighted by molar-refractivity contribution is 6.30. The summed E-state index contributed by atoms with van der Waals surface area (Å²) in [6.45, 7) is 0. The third-order valence-corrected chi connectivity index (χ3v) is 0.866. The molecule has 2 nitrogen and oxygen atoms in total. The summed E-state index contributed by atoms with van der Waals surface area (Å²) in [5.41, 5.74) is 0. The van der Waals surface area contributed by atoms with E-state index in [9.17, 15) is 4.79 Å². The number of rotatable bonds is 1. The van der Waals surface area contributed by atoms with Crippen LogP contribution in [0, 0.1) is 0 Å². The SMILES string of the molecule is O=[C]c1cc(Cl)co1. The molecule has 0 N–H and O–H groups in total. The fourth-order valence-corrected chi connectivity index (χ4v) is 0.510. The molecular weight excluding hydrogens is 128 g/mol. The maximum atomic E-state index is 9.74. The van der Waals surface area contributed by atoms with Gasteiger partial charge in [0.05, 0.1) is 5.02 Å². The highest BCUT2D eigenvalue weighted by Crippen LogP contribution is 2.10. The fraction of sp³-hybridized carbons (Fsp3) is 0. The molecule has 0 spiro atoms. The highest BCUT2D eigenvalue weighted by atomic mass is 35.5. The predicted octanol–water partition coefficient (Wildman–Crippen LogP) is 1.39. The van der Waals surface area contributed by atoms with Gasteiger partial charge in [-0.05, 0) is 0 Å². The standard InChI is InChI=1S/C5H2ClO2/c6-4-1-5(2-7)8-3-4/h1,3H. The van der Waals surface area contributed by atoms with Gasteiger partial charge in [-0.3, -0.25) is 4.79 Å². The van der Waals surface area contributed by atoms with Crippen LogP contribution in [0.15, 0.2) is 16.7 Å². The van der Waals surface area contributed by atoms with E-state index < -0.39 is 0 Å². The lowest BCUT2D eigenvalue weighted by Crippen LogP contribution is -1.66. The van der Waals surface area contributed by atoms with Gasteiger partial charge in [0, 0.05) is 6.07 Å². The summed E-state index contributed by atoms with van der Waals surface area (Å²) < 4.78 is 4.56. The predicted molar refractivity (Wildman–Crippen MR) is 28.5 cm³/mol. The summed E-state index contributed by atoms with van der Waals surface area (Å²) in [4.78, 5) is 9.74. The van der Waals surface area contributed by atoms with Crippen molar-refractivity contribution in [1.29, 1.82) is 0 Å². The van der Waals surface area contributed by atoms with Gasteiger partial charge in [-0.25, -0.2) is 0 Å². The van der Waals surface area contributed by atoms with Crippen molar-refractivity contribution >= 4 is 17.9 Å². The molecule has 8 heavy (non-hydrogen) atoms. The van der Waals surface area contributed by atoms with E-state index in [2.05, 4.69) is 4.42 Å². The first-order valence-electron chi connectivity index (χ1n) is 1.95. The Morgan fingerprint density at radius 1 is 1.75 bits per heavy atom. The van der Waals surface area contributed by atoms with Crippen molar-refractivity contribution in [3.05, 3.63) is 23.1 Å². The van der Waals surface area contributed by atoms with Gasteiger partial charge in [0.25, 0.3) is 6.29 Å². The molecule has 0 aliphatic carbocycles. The van der Waals surface area contributed by atoms with Gasteiger partial charge < -0.3 is 4.42 Å². The molecule has 1 heterocycles. The average molecular weight is 130 g/mol. The van der Waals surface area contributed by atoms with Crippen LogP contribution in [0.3, 0.4) is 0 Å². The Kier molecular flexibility index (Phi) is 1.35. The number of hydrogen-bond acceptors (Lipinski definition) is 2. The second-order valence-electron chi connectivity index (χ2n) is 1.23. The topological polar surface area (TPSA) is 30.2 Å². The third kappa shape index (κ3) is 0.898. The lowest BCUT2D eigenvalue weighted by molar-refractivity contribution is 0.518. The number of carbonyl (C=O) groups excluding carboxylic acids is 1. The molecule has 0 bridgehead atoms. The first-order chi connectivity index (χ1) is 3.83. The summed E-state index contributed by atoms with van der Waals surface area (Å²) in [6, 6.07) is 1.40. The molecule has 1 aromatic heterocycles. The van der Waals surface area contributed by atoms with E-state index >= 15 is 0 Å². The van der Waals surface area contributed by atoms with Crippen LogP contribution in [0.5, 0.6) is 0 Å². The molecule has 0 saturated carbocycles. The molecular formula is C5H2ClO2. The van der Waals surface area contributed by atoms with Gasteiger partial charge in [0.2, 0.25) is 0 Å². The Labute approximate surface area is 51.1 Å². The first kappa shape index (κ1) is 5.38. The molecule has 0 fully saturated rings. The van der Waals surface area contributed by atoms with Crippen molar-refractivity contribution in [3.8, 4) is 0 Å². The monoisotopic (exact) mass is 129 g/mol. The molecule has 0 unspecified atom stereocenters. The molecule has 3 heteroatoms. The zero-order valence-corrected chi connectivity index (χ0v) is 4.61. The molecule has 41 valence electrons. The van der Waals surface area contributed by atoms with E-state index in [0.29, 0.717) is 5.02 Å². The zero-order valence-electron chi connectivity index (χ0n) is 3.85. The highest BCUT2D eigenvalue weighted by Gasteiger charge is 1.95. The van der Waals surface area contributed by atoms with Crippen molar-refractivity contribution in [3.63, 3.8) is 0 Å². The summed E-state index contributed by atoms with van der Waals surface area (Å²) >= 11 is 5.37. The molecule has 0 amide bonds. The summed E-state index contributed by atoms with van der Waals surface area (Å²) in [6.07, 6.45) is 2.83. The quantitative estimate of drug-likeness (QED) is 0.574. The molecule has 1 radical (unpaired) electrons. The van der Waals surface area contributed by atoms with Gasteiger partial charge in [0.1, 0.15) is 6.26 Å². The largest absolute Gasteiger partial charge is 0.459 e. The zero-order chi connectivity index (χ0) is 5.98. The van der Waals surface area contributed by atoms with E-state index in [-0.39, 0.29) is 5.76 Å². The molecule has 1 aromatic rings. The summed E-state index contributed by atoms with van der Waals surface area (Å²) in [5, 5.41) is 0.420. The minimum atomic E-state index is 0.134. The van der Waals surface area contributed by atoms with E-state index in [4.69, 9.17) is 11.6 Å². The van der Waals surface area contributed by atoms with Gasteiger partial charge >= 0.3 is 0 Å². The summed E-state index contributed by atoms with van der Waals surface area (Å²) in [7, 11) is 0. The van der Waals surface area contributed by atoms with Gasteiger partial charge in [-0.2, -0.15) is 0 Å². The van der Waals surface area contributed by atoms with Gasteiger partial charge in [-0.1, -0.05) is 11.6 Å². The normalized spacial score (nSPS) is 9.12. The van der Waals surface area contributed by atoms with Gasteiger partial charge in [-0.15, -0.1) is 0 Å². The van der Waals surface area contributed by atoms with E-state index in [0.717, 1.165) is 0 Å². The van der Waals surface area contributed by atoms with E-state index in [1.807, 2.05) is 0 Å². The van der Waals surface area contributed by atoms with Crippen LogP contribution in [-0.2, 0) is 4.79 Å². The van der Waals surface area contributed by atoms with Crippen molar-refractivity contribution < 1.29 is 9.21 Å². The second kappa shape index (κ2) is 2.01. The number of hydrogen-bond donors (Lipinski definition) is 0. The molecule has 1 rings (SSSR count). The fourth-order valence-electron chi connectivity index (χ4n) is 0.367. The molecule has 0 saturated heterocycles. The van der Waals surface area contributed by atoms with Crippen LogP contribution < -0.4 is 0 Å². The Hall–Kier alpha value is -0.760. The van der Waals surface area contributed by atoms with Crippen LogP contribution in [0.4, 0.5) is 0 Å². The smallest absolute Gasteiger partial charge is 0.271 e. The van der Waals surface area contributed by atoms with Gasteiger partial charge in [0.15, 0.2) is 5.76 Å². The molecule has 0 aliphatic heterocycles. The van der Waals surface area contributed by atoms with E-state index in [1.54, 1.807) is 6.29 Å². The minimum absolute atomic E-state index is 0.134. The number of furan rings is 1. The molecule has 0 atom stereocenters. The molecule has 0 aromatic carbocycles. The second-order valence-corrected chi connectivity index (χ2v) is 1.67. The maximum Gasteiger partial charge on any atom is 0.271 e. The average Bonchev–Trinajstić information content (AvgIpc) is 2.14. The lowest BCUT2D eigenvalue weighted by atomic mass is 10.5. The summed E-state index contributed by atoms with van der Waals surface area (Å²) in [5.74, 6) is 0.134. The van der Waals surface area contributed by atoms with Crippen LogP contribution >= 0.6 is 11.6 Å². The Balaban J connectivity index is 3.00. The third-order valence-electron chi connectivity index (χ3n) is 0.668. The Bertz CT molecular complexity index is 192.